The standard InChI is InChI=1S/C11H18N4/c1-9(10-3-2-4-12-7-10)15-11-8-13-5-6-14-11/h5-6,8-10,12H,2-4,7H2,1H3,(H,14,15)/t9-,10-/m1/s1. The molecule has 1 aliphatic heterocycles. The molecule has 0 radical (unpaired) electrons. The van der Waals surface area contributed by atoms with Crippen molar-refractivity contribution < 1.29 is 0 Å². The second-order valence-corrected chi connectivity index (χ2v) is 4.13. The van der Waals surface area contributed by atoms with Crippen molar-refractivity contribution in [2.24, 2.45) is 5.92 Å². The van der Waals surface area contributed by atoms with E-state index in [2.05, 4.69) is 27.5 Å². The summed E-state index contributed by atoms with van der Waals surface area (Å²) >= 11 is 0. The maximum absolute atomic E-state index is 4.22. The van der Waals surface area contributed by atoms with Gasteiger partial charge in [0.25, 0.3) is 0 Å². The monoisotopic (exact) mass is 206 g/mol. The van der Waals surface area contributed by atoms with Crippen molar-refractivity contribution >= 4 is 5.82 Å². The minimum absolute atomic E-state index is 0.453. The van der Waals surface area contributed by atoms with E-state index in [0.29, 0.717) is 12.0 Å². The molecule has 82 valence electrons. The number of hydrogen-bond acceptors (Lipinski definition) is 4. The smallest absolute Gasteiger partial charge is 0.144 e. The third-order valence-electron chi connectivity index (χ3n) is 2.98. The molecule has 1 aliphatic rings. The molecule has 2 N–H and O–H groups in total. The zero-order chi connectivity index (χ0) is 10.5. The third-order valence-corrected chi connectivity index (χ3v) is 2.98. The SMILES string of the molecule is C[C@@H](Nc1cnccn1)[C@@H]1CCCNC1. The Kier molecular flexibility index (Phi) is 3.50. The van der Waals surface area contributed by atoms with E-state index in [0.717, 1.165) is 18.9 Å². The molecule has 0 spiro atoms. The molecule has 2 rings (SSSR count). The molecule has 0 saturated carbocycles. The number of anilines is 1. The van der Waals surface area contributed by atoms with Gasteiger partial charge in [0.15, 0.2) is 0 Å². The summed E-state index contributed by atoms with van der Waals surface area (Å²) in [5, 5.41) is 6.82. The van der Waals surface area contributed by atoms with E-state index in [-0.39, 0.29) is 0 Å². The van der Waals surface area contributed by atoms with Crippen LogP contribution in [0.1, 0.15) is 19.8 Å². The molecular formula is C11H18N4. The number of nitrogens with one attached hydrogen (secondary N) is 2. The molecule has 2 atom stereocenters. The minimum Gasteiger partial charge on any atom is -0.366 e. The van der Waals surface area contributed by atoms with Crippen LogP contribution in [-0.4, -0.2) is 29.1 Å². The third kappa shape index (κ3) is 2.89. The van der Waals surface area contributed by atoms with Gasteiger partial charge >= 0.3 is 0 Å². The van der Waals surface area contributed by atoms with Crippen LogP contribution < -0.4 is 10.6 Å². The Bertz CT molecular complexity index is 282. The fourth-order valence-corrected chi connectivity index (χ4v) is 2.03. The van der Waals surface area contributed by atoms with Crippen LogP contribution in [0.4, 0.5) is 5.82 Å². The largest absolute Gasteiger partial charge is 0.366 e. The number of nitrogens with zero attached hydrogens (tertiary/aromatic N) is 2. The first-order valence-corrected chi connectivity index (χ1v) is 5.59. The molecule has 4 heteroatoms. The summed E-state index contributed by atoms with van der Waals surface area (Å²) in [6, 6.07) is 0.453. The Hall–Kier alpha value is -1.16. The van der Waals surface area contributed by atoms with Gasteiger partial charge in [0.2, 0.25) is 0 Å². The summed E-state index contributed by atoms with van der Waals surface area (Å²) < 4.78 is 0. The van der Waals surface area contributed by atoms with Crippen molar-refractivity contribution in [1.82, 2.24) is 15.3 Å². The molecule has 0 unspecified atom stereocenters. The first-order valence-electron chi connectivity index (χ1n) is 5.59. The molecule has 1 fully saturated rings. The second kappa shape index (κ2) is 5.07. The summed E-state index contributed by atoms with van der Waals surface area (Å²) in [5.41, 5.74) is 0. The predicted octanol–water partition coefficient (Wildman–Crippen LogP) is 1.28. The van der Waals surface area contributed by atoms with Gasteiger partial charge in [0.05, 0.1) is 6.20 Å². The van der Waals surface area contributed by atoms with E-state index >= 15 is 0 Å². The average molecular weight is 206 g/mol. The molecular weight excluding hydrogens is 188 g/mol. The Morgan fingerprint density at radius 2 is 2.47 bits per heavy atom. The first kappa shape index (κ1) is 10.4. The topological polar surface area (TPSA) is 49.8 Å². The van der Waals surface area contributed by atoms with Crippen LogP contribution in [0.25, 0.3) is 0 Å². The summed E-state index contributed by atoms with van der Waals surface area (Å²) in [4.78, 5) is 8.26. The van der Waals surface area contributed by atoms with Crippen LogP contribution in [-0.2, 0) is 0 Å². The van der Waals surface area contributed by atoms with Crippen molar-refractivity contribution in [3.8, 4) is 0 Å². The maximum Gasteiger partial charge on any atom is 0.144 e. The normalized spacial score (nSPS) is 23.4. The summed E-state index contributed by atoms with van der Waals surface area (Å²) in [6.45, 7) is 4.48. The minimum atomic E-state index is 0.453. The highest BCUT2D eigenvalue weighted by Crippen LogP contribution is 2.16. The van der Waals surface area contributed by atoms with Gasteiger partial charge in [-0.3, -0.25) is 4.98 Å². The highest BCUT2D eigenvalue weighted by atomic mass is 15.0. The lowest BCUT2D eigenvalue weighted by atomic mass is 9.93. The van der Waals surface area contributed by atoms with E-state index in [1.54, 1.807) is 18.6 Å². The molecule has 1 saturated heterocycles. The van der Waals surface area contributed by atoms with Crippen LogP contribution in [0, 0.1) is 5.92 Å². The van der Waals surface area contributed by atoms with Gasteiger partial charge in [0.1, 0.15) is 5.82 Å². The maximum atomic E-state index is 4.22. The lowest BCUT2D eigenvalue weighted by Crippen LogP contribution is -2.38. The molecule has 0 bridgehead atoms. The van der Waals surface area contributed by atoms with Crippen LogP contribution in [0.5, 0.6) is 0 Å². The molecule has 1 aromatic rings. The van der Waals surface area contributed by atoms with E-state index in [4.69, 9.17) is 0 Å². The van der Waals surface area contributed by atoms with E-state index in [1.165, 1.54) is 12.8 Å². The Labute approximate surface area is 90.5 Å². The van der Waals surface area contributed by atoms with Crippen molar-refractivity contribution in [1.29, 1.82) is 0 Å². The van der Waals surface area contributed by atoms with Gasteiger partial charge in [0, 0.05) is 18.4 Å². The summed E-state index contributed by atoms with van der Waals surface area (Å²) in [6.07, 6.45) is 7.75. The lowest BCUT2D eigenvalue weighted by Gasteiger charge is -2.29. The molecule has 0 aromatic carbocycles. The molecule has 4 nitrogen and oxygen atoms in total. The number of hydrogen-bond donors (Lipinski definition) is 2. The Morgan fingerprint density at radius 3 is 3.13 bits per heavy atom. The molecule has 2 heterocycles. The highest BCUT2D eigenvalue weighted by Gasteiger charge is 2.19. The van der Waals surface area contributed by atoms with Crippen molar-refractivity contribution in [3.63, 3.8) is 0 Å². The molecule has 0 amide bonds. The molecule has 1 aromatic heterocycles. The van der Waals surface area contributed by atoms with Crippen molar-refractivity contribution in [2.45, 2.75) is 25.8 Å². The Balaban J connectivity index is 1.88. The van der Waals surface area contributed by atoms with Gasteiger partial charge in [-0.2, -0.15) is 0 Å². The molecule has 15 heavy (non-hydrogen) atoms. The fourth-order valence-electron chi connectivity index (χ4n) is 2.03. The van der Waals surface area contributed by atoms with Crippen LogP contribution in [0.2, 0.25) is 0 Å². The number of rotatable bonds is 3. The molecule has 0 aliphatic carbocycles. The summed E-state index contributed by atoms with van der Waals surface area (Å²) in [7, 11) is 0. The zero-order valence-corrected chi connectivity index (χ0v) is 9.11. The van der Waals surface area contributed by atoms with Crippen LogP contribution in [0.3, 0.4) is 0 Å². The van der Waals surface area contributed by atoms with E-state index in [9.17, 15) is 0 Å². The average Bonchev–Trinajstić information content (AvgIpc) is 2.31. The van der Waals surface area contributed by atoms with Gasteiger partial charge in [-0.25, -0.2) is 4.98 Å². The lowest BCUT2D eigenvalue weighted by molar-refractivity contribution is 0.346. The summed E-state index contributed by atoms with van der Waals surface area (Å²) in [5.74, 6) is 1.57. The predicted molar refractivity (Wildman–Crippen MR) is 60.7 cm³/mol. The highest BCUT2D eigenvalue weighted by molar-refractivity contribution is 5.31. The number of aromatic nitrogens is 2. The van der Waals surface area contributed by atoms with E-state index in [1.807, 2.05) is 0 Å². The van der Waals surface area contributed by atoms with Crippen LogP contribution >= 0.6 is 0 Å². The van der Waals surface area contributed by atoms with Gasteiger partial charge in [-0.05, 0) is 38.8 Å². The quantitative estimate of drug-likeness (QED) is 0.782. The zero-order valence-electron chi connectivity index (χ0n) is 9.11. The van der Waals surface area contributed by atoms with Gasteiger partial charge < -0.3 is 10.6 Å². The first-order chi connectivity index (χ1) is 7.36. The van der Waals surface area contributed by atoms with Crippen molar-refractivity contribution in [2.75, 3.05) is 18.4 Å². The number of piperidine rings is 1. The van der Waals surface area contributed by atoms with E-state index < -0.39 is 0 Å². The Morgan fingerprint density at radius 1 is 1.53 bits per heavy atom. The van der Waals surface area contributed by atoms with Gasteiger partial charge in [-0.15, -0.1) is 0 Å². The second-order valence-electron chi connectivity index (χ2n) is 4.13. The van der Waals surface area contributed by atoms with Gasteiger partial charge in [-0.1, -0.05) is 0 Å². The fraction of sp³-hybridized carbons (Fsp3) is 0.636. The van der Waals surface area contributed by atoms with Crippen molar-refractivity contribution in [3.05, 3.63) is 18.6 Å². The van der Waals surface area contributed by atoms with Crippen LogP contribution in [0.15, 0.2) is 18.6 Å².